The molecular formula is C11H19F3N2O. The molecule has 0 heterocycles. The first kappa shape index (κ1) is 14.1. The highest BCUT2D eigenvalue weighted by Crippen LogP contribution is 2.67. The molecule has 0 atom stereocenters. The van der Waals surface area contributed by atoms with Crippen LogP contribution in [0.1, 0.15) is 27.7 Å². The van der Waals surface area contributed by atoms with Crippen LogP contribution in [-0.2, 0) is 0 Å². The largest absolute Gasteiger partial charge is 0.405 e. The normalized spacial score (nSPS) is 22.1. The zero-order valence-corrected chi connectivity index (χ0v) is 10.5. The molecule has 0 spiro atoms. The number of amides is 2. The topological polar surface area (TPSA) is 41.1 Å². The third-order valence-electron chi connectivity index (χ3n) is 4.24. The van der Waals surface area contributed by atoms with Gasteiger partial charge in [0.2, 0.25) is 0 Å². The predicted molar refractivity (Wildman–Crippen MR) is 58.5 cm³/mol. The van der Waals surface area contributed by atoms with Gasteiger partial charge in [0.1, 0.15) is 6.54 Å². The maximum absolute atomic E-state index is 11.8. The van der Waals surface area contributed by atoms with Crippen LogP contribution in [0, 0.1) is 16.7 Å². The van der Waals surface area contributed by atoms with Crippen molar-refractivity contribution in [2.45, 2.75) is 33.9 Å². The lowest BCUT2D eigenvalue weighted by molar-refractivity contribution is -0.122. The average molecular weight is 252 g/mol. The summed E-state index contributed by atoms with van der Waals surface area (Å²) in [6.07, 6.45) is -4.37. The van der Waals surface area contributed by atoms with Gasteiger partial charge in [0.05, 0.1) is 0 Å². The van der Waals surface area contributed by atoms with E-state index >= 15 is 0 Å². The van der Waals surface area contributed by atoms with Gasteiger partial charge in [-0.2, -0.15) is 13.2 Å². The van der Waals surface area contributed by atoms with Crippen LogP contribution < -0.4 is 10.6 Å². The molecule has 1 rings (SSSR count). The maximum Gasteiger partial charge on any atom is 0.405 e. The molecule has 17 heavy (non-hydrogen) atoms. The average Bonchev–Trinajstić information content (AvgIpc) is 2.50. The van der Waals surface area contributed by atoms with Gasteiger partial charge in [-0.3, -0.25) is 0 Å². The summed E-state index contributed by atoms with van der Waals surface area (Å²) in [4.78, 5) is 11.1. The Hall–Kier alpha value is -0.940. The van der Waals surface area contributed by atoms with Gasteiger partial charge in [-0.15, -0.1) is 0 Å². The molecule has 1 fully saturated rings. The molecular weight excluding hydrogens is 233 g/mol. The molecule has 3 nitrogen and oxygen atoms in total. The molecule has 100 valence electrons. The minimum absolute atomic E-state index is 0.115. The molecule has 1 saturated carbocycles. The maximum atomic E-state index is 11.8. The van der Waals surface area contributed by atoms with E-state index < -0.39 is 18.8 Å². The zero-order valence-electron chi connectivity index (χ0n) is 10.5. The van der Waals surface area contributed by atoms with Crippen molar-refractivity contribution in [3.05, 3.63) is 0 Å². The monoisotopic (exact) mass is 252 g/mol. The molecule has 1 aliphatic carbocycles. The molecule has 0 aliphatic heterocycles. The molecule has 0 aromatic heterocycles. The first-order chi connectivity index (χ1) is 7.48. The van der Waals surface area contributed by atoms with E-state index in [1.807, 2.05) is 0 Å². The number of carbonyl (C=O) groups excluding carboxylic acids is 1. The third kappa shape index (κ3) is 3.04. The van der Waals surface area contributed by atoms with Crippen molar-refractivity contribution < 1.29 is 18.0 Å². The SMILES string of the molecule is CC1(C)C(CNC(=O)NCC(F)(F)F)C1(C)C. The lowest BCUT2D eigenvalue weighted by Gasteiger charge is -2.10. The first-order valence-corrected chi connectivity index (χ1v) is 5.57. The highest BCUT2D eigenvalue weighted by molar-refractivity contribution is 5.73. The van der Waals surface area contributed by atoms with Crippen molar-refractivity contribution in [3.8, 4) is 0 Å². The molecule has 0 bridgehead atoms. The highest BCUT2D eigenvalue weighted by atomic mass is 19.4. The van der Waals surface area contributed by atoms with Crippen LogP contribution in [0.25, 0.3) is 0 Å². The molecule has 2 N–H and O–H groups in total. The number of hydrogen-bond acceptors (Lipinski definition) is 1. The molecule has 0 saturated heterocycles. The van der Waals surface area contributed by atoms with Crippen molar-refractivity contribution in [2.24, 2.45) is 16.7 Å². The van der Waals surface area contributed by atoms with Crippen molar-refractivity contribution in [1.29, 1.82) is 0 Å². The van der Waals surface area contributed by atoms with Crippen LogP contribution in [0.4, 0.5) is 18.0 Å². The number of urea groups is 1. The van der Waals surface area contributed by atoms with E-state index in [9.17, 15) is 18.0 Å². The molecule has 6 heteroatoms. The summed E-state index contributed by atoms with van der Waals surface area (Å²) in [5.41, 5.74) is 0.231. The van der Waals surface area contributed by atoms with Crippen molar-refractivity contribution >= 4 is 6.03 Å². The quantitative estimate of drug-likeness (QED) is 0.796. The number of hydrogen-bond donors (Lipinski definition) is 2. The second-order valence-electron chi connectivity index (χ2n) is 5.67. The number of rotatable bonds is 3. The van der Waals surface area contributed by atoms with E-state index in [0.29, 0.717) is 12.5 Å². The summed E-state index contributed by atoms with van der Waals surface area (Å²) in [6.45, 7) is 7.47. The van der Waals surface area contributed by atoms with Crippen LogP contribution >= 0.6 is 0 Å². The van der Waals surface area contributed by atoms with Crippen molar-refractivity contribution in [2.75, 3.05) is 13.1 Å². The Bertz CT molecular complexity index is 296. The third-order valence-corrected chi connectivity index (χ3v) is 4.24. The molecule has 0 radical (unpaired) electrons. The Balaban J connectivity index is 2.27. The Morgan fingerprint density at radius 2 is 1.59 bits per heavy atom. The van der Waals surface area contributed by atoms with E-state index in [2.05, 4.69) is 33.0 Å². The van der Waals surface area contributed by atoms with Gasteiger partial charge >= 0.3 is 12.2 Å². The van der Waals surface area contributed by atoms with E-state index in [4.69, 9.17) is 0 Å². The van der Waals surface area contributed by atoms with Crippen LogP contribution in [-0.4, -0.2) is 25.3 Å². The number of halogens is 3. The van der Waals surface area contributed by atoms with E-state index in [0.717, 1.165) is 0 Å². The van der Waals surface area contributed by atoms with E-state index in [1.165, 1.54) is 0 Å². The minimum atomic E-state index is -4.37. The molecule has 0 aromatic carbocycles. The fraction of sp³-hybridized carbons (Fsp3) is 0.909. The molecule has 1 aliphatic rings. The number of alkyl halides is 3. The van der Waals surface area contributed by atoms with E-state index in [1.54, 1.807) is 5.32 Å². The lowest BCUT2D eigenvalue weighted by Crippen LogP contribution is -2.41. The summed E-state index contributed by atoms with van der Waals surface area (Å²) < 4.78 is 35.5. The molecule has 0 aromatic rings. The molecule has 0 unspecified atom stereocenters. The van der Waals surface area contributed by atoms with Crippen LogP contribution in [0.3, 0.4) is 0 Å². The highest BCUT2D eigenvalue weighted by Gasteiger charge is 2.64. The number of nitrogens with one attached hydrogen (secondary N) is 2. The standard InChI is InChI=1S/C11H19F3N2O/c1-9(2)7(10(9,3)4)5-15-8(17)16-6-11(12,13)14/h7H,5-6H2,1-4H3,(H2,15,16,17). The second kappa shape index (κ2) is 4.07. The van der Waals surface area contributed by atoms with E-state index in [-0.39, 0.29) is 10.8 Å². The zero-order chi connectivity index (χ0) is 13.5. The van der Waals surface area contributed by atoms with Crippen LogP contribution in [0.15, 0.2) is 0 Å². The van der Waals surface area contributed by atoms with Gasteiger partial charge in [0.15, 0.2) is 0 Å². The van der Waals surface area contributed by atoms with Gasteiger partial charge in [0, 0.05) is 6.54 Å². The Kier molecular flexibility index (Phi) is 3.38. The predicted octanol–water partition coefficient (Wildman–Crippen LogP) is 2.53. The van der Waals surface area contributed by atoms with Gasteiger partial charge in [-0.1, -0.05) is 27.7 Å². The summed E-state index contributed by atoms with van der Waals surface area (Å²) in [6, 6.07) is -0.763. The Morgan fingerprint density at radius 3 is 1.94 bits per heavy atom. The first-order valence-electron chi connectivity index (χ1n) is 5.57. The van der Waals surface area contributed by atoms with Crippen molar-refractivity contribution in [3.63, 3.8) is 0 Å². The van der Waals surface area contributed by atoms with Crippen LogP contribution in [0.5, 0.6) is 0 Å². The van der Waals surface area contributed by atoms with Crippen LogP contribution in [0.2, 0.25) is 0 Å². The second-order valence-corrected chi connectivity index (χ2v) is 5.67. The molecule has 2 amide bonds. The minimum Gasteiger partial charge on any atom is -0.338 e. The fourth-order valence-corrected chi connectivity index (χ4v) is 2.28. The Morgan fingerprint density at radius 1 is 1.12 bits per heavy atom. The van der Waals surface area contributed by atoms with Crippen molar-refractivity contribution in [1.82, 2.24) is 10.6 Å². The Labute approximate surface area is 99.1 Å². The van der Waals surface area contributed by atoms with Gasteiger partial charge in [-0.25, -0.2) is 4.79 Å². The summed E-state index contributed by atoms with van der Waals surface area (Å²) in [5, 5.41) is 4.26. The summed E-state index contributed by atoms with van der Waals surface area (Å²) in [7, 11) is 0. The smallest absolute Gasteiger partial charge is 0.338 e. The van der Waals surface area contributed by atoms with Gasteiger partial charge in [-0.05, 0) is 16.7 Å². The number of carbonyl (C=O) groups is 1. The summed E-state index contributed by atoms with van der Waals surface area (Å²) in [5.74, 6) is 0.298. The van der Waals surface area contributed by atoms with Gasteiger partial charge < -0.3 is 10.6 Å². The lowest BCUT2D eigenvalue weighted by atomic mass is 10.0. The fourth-order valence-electron chi connectivity index (χ4n) is 2.28. The summed E-state index contributed by atoms with van der Waals surface area (Å²) >= 11 is 0. The van der Waals surface area contributed by atoms with Gasteiger partial charge in [0.25, 0.3) is 0 Å².